The van der Waals surface area contributed by atoms with Gasteiger partial charge >= 0.3 is 0 Å². The third-order valence-electron chi connectivity index (χ3n) is 8.42. The van der Waals surface area contributed by atoms with Crippen molar-refractivity contribution in [2.24, 2.45) is 0 Å². The molecule has 0 radical (unpaired) electrons. The lowest BCUT2D eigenvalue weighted by Gasteiger charge is -2.47. The molecule has 5 nitrogen and oxygen atoms in total. The number of fused-ring (bicyclic) bond motifs is 3. The minimum absolute atomic E-state index is 0.105. The molecular weight excluding hydrogens is 506 g/mol. The molecule has 1 N–H and O–H groups in total. The Morgan fingerprint density at radius 2 is 1.72 bits per heavy atom. The van der Waals surface area contributed by atoms with Gasteiger partial charge in [-0.3, -0.25) is 9.59 Å². The first kappa shape index (κ1) is 25.7. The van der Waals surface area contributed by atoms with E-state index in [1.807, 2.05) is 60.7 Å². The quantitative estimate of drug-likeness (QED) is 0.278. The normalized spacial score (nSPS) is 20.1. The van der Waals surface area contributed by atoms with Crippen LogP contribution in [0.4, 0.5) is 0 Å². The molecule has 0 unspecified atom stereocenters. The molecule has 1 aliphatic carbocycles. The summed E-state index contributed by atoms with van der Waals surface area (Å²) in [5.41, 5.74) is 3.17. The van der Waals surface area contributed by atoms with Gasteiger partial charge in [0.2, 0.25) is 0 Å². The molecule has 1 aliphatic heterocycles. The highest BCUT2D eigenvalue weighted by Gasteiger charge is 2.52. The predicted octanol–water partition coefficient (Wildman–Crippen LogP) is 6.99. The van der Waals surface area contributed by atoms with Gasteiger partial charge in [-0.05, 0) is 60.7 Å². The lowest BCUT2D eigenvalue weighted by molar-refractivity contribution is -0.136. The number of hydrogen-bond acceptors (Lipinski definition) is 2. The smallest absolute Gasteiger partial charge is 0.272 e. The summed E-state index contributed by atoms with van der Waals surface area (Å²) in [7, 11) is 0. The van der Waals surface area contributed by atoms with Gasteiger partial charge in [0.05, 0.1) is 6.54 Å². The first-order valence-electron chi connectivity index (χ1n) is 14.0. The molecule has 2 aliphatic rings. The number of aromatic nitrogens is 1. The molecule has 4 aromatic rings. The van der Waals surface area contributed by atoms with Gasteiger partial charge in [-0.15, -0.1) is 0 Å². The minimum Gasteiger partial charge on any atom is -0.351 e. The number of hydrogen-bond donors (Lipinski definition) is 1. The lowest BCUT2D eigenvalue weighted by atomic mass is 9.83. The fourth-order valence-electron chi connectivity index (χ4n) is 6.38. The van der Waals surface area contributed by atoms with E-state index in [1.165, 1.54) is 12.8 Å². The van der Waals surface area contributed by atoms with Crippen LogP contribution in [0.5, 0.6) is 0 Å². The summed E-state index contributed by atoms with van der Waals surface area (Å²) in [6.07, 6.45) is 6.56. The first-order chi connectivity index (χ1) is 19.0. The van der Waals surface area contributed by atoms with E-state index in [-0.39, 0.29) is 24.4 Å². The SMILES string of the molecule is Cc1ccc2cc3n(c2c1)C[C@@](C(=O)NC1CCCCCC1)(c1ccccc1)N(Cc1cccc(Cl)c1)C3=O. The molecule has 39 heavy (non-hydrogen) atoms. The summed E-state index contributed by atoms with van der Waals surface area (Å²) in [4.78, 5) is 31.0. The molecule has 1 atom stereocenters. The van der Waals surface area contributed by atoms with Crippen LogP contribution in [0, 0.1) is 6.92 Å². The van der Waals surface area contributed by atoms with Gasteiger partial charge in [-0.1, -0.05) is 91.9 Å². The molecule has 6 rings (SSSR count). The van der Waals surface area contributed by atoms with Crippen LogP contribution < -0.4 is 5.32 Å². The summed E-state index contributed by atoms with van der Waals surface area (Å²) in [6, 6.07) is 25.7. The topological polar surface area (TPSA) is 54.3 Å². The molecular formula is C33H34ClN3O2. The molecule has 0 bridgehead atoms. The number of nitrogens with one attached hydrogen (secondary N) is 1. The third kappa shape index (κ3) is 4.74. The highest BCUT2D eigenvalue weighted by Crippen LogP contribution is 2.41. The van der Waals surface area contributed by atoms with E-state index in [2.05, 4.69) is 35.0 Å². The van der Waals surface area contributed by atoms with Crippen LogP contribution in [-0.4, -0.2) is 27.3 Å². The van der Waals surface area contributed by atoms with E-state index < -0.39 is 5.54 Å². The highest BCUT2D eigenvalue weighted by atomic mass is 35.5. The maximum Gasteiger partial charge on any atom is 0.272 e. The van der Waals surface area contributed by atoms with Crippen LogP contribution in [0.1, 0.15) is 65.7 Å². The number of amides is 2. The second-order valence-electron chi connectivity index (χ2n) is 11.1. The van der Waals surface area contributed by atoms with Gasteiger partial charge < -0.3 is 14.8 Å². The first-order valence-corrected chi connectivity index (χ1v) is 14.4. The average molecular weight is 540 g/mol. The van der Waals surface area contributed by atoms with Crippen molar-refractivity contribution in [2.45, 2.75) is 70.1 Å². The monoisotopic (exact) mass is 539 g/mol. The molecule has 1 fully saturated rings. The molecule has 0 spiro atoms. The fourth-order valence-corrected chi connectivity index (χ4v) is 6.59. The van der Waals surface area contributed by atoms with Gasteiger partial charge in [0, 0.05) is 28.5 Å². The Kier molecular flexibility index (Phi) is 6.94. The van der Waals surface area contributed by atoms with Crippen molar-refractivity contribution < 1.29 is 9.59 Å². The third-order valence-corrected chi connectivity index (χ3v) is 8.65. The van der Waals surface area contributed by atoms with Crippen LogP contribution >= 0.6 is 11.6 Å². The molecule has 6 heteroatoms. The second kappa shape index (κ2) is 10.5. The predicted molar refractivity (Wildman–Crippen MR) is 156 cm³/mol. The van der Waals surface area contributed by atoms with Gasteiger partial charge in [-0.2, -0.15) is 0 Å². The molecule has 2 heterocycles. The van der Waals surface area contributed by atoms with Gasteiger partial charge in [0.25, 0.3) is 11.8 Å². The molecule has 3 aromatic carbocycles. The summed E-state index contributed by atoms with van der Waals surface area (Å²) in [5.74, 6) is -0.272. The number of rotatable bonds is 5. The van der Waals surface area contributed by atoms with Gasteiger partial charge in [0.15, 0.2) is 5.54 Å². The van der Waals surface area contributed by atoms with E-state index >= 15 is 0 Å². The standard InChI is InChI=1S/C33H34ClN3O2/c1-23-16-17-25-20-30-31(38)37(21-24-10-9-13-27(34)19-24)33(22-36(30)29(25)18-23,26-11-5-4-6-12-26)32(39)35-28-14-7-2-3-8-15-28/h4-6,9-13,16-20,28H,2-3,7-8,14-15,21-22H2,1H3,(H,35,39)/t33-/m0/s1. The Hall–Kier alpha value is -3.57. The van der Waals surface area contributed by atoms with E-state index in [1.54, 1.807) is 4.90 Å². The lowest BCUT2D eigenvalue weighted by Crippen LogP contribution is -2.63. The van der Waals surface area contributed by atoms with Crippen molar-refractivity contribution in [3.63, 3.8) is 0 Å². The number of halogens is 1. The zero-order chi connectivity index (χ0) is 27.0. The van der Waals surface area contributed by atoms with Crippen LogP contribution in [0.2, 0.25) is 5.02 Å². The van der Waals surface area contributed by atoms with Crippen molar-refractivity contribution in [2.75, 3.05) is 0 Å². The fraction of sp³-hybridized carbons (Fsp3) is 0.333. The summed E-state index contributed by atoms with van der Waals surface area (Å²) < 4.78 is 2.05. The molecule has 2 amide bonds. The number of aryl methyl sites for hydroxylation is 1. The number of nitrogens with zero attached hydrogens (tertiary/aromatic N) is 2. The van der Waals surface area contributed by atoms with E-state index in [0.717, 1.165) is 53.3 Å². The molecule has 200 valence electrons. The van der Waals surface area contributed by atoms with E-state index in [4.69, 9.17) is 11.6 Å². The molecule has 0 saturated heterocycles. The van der Waals surface area contributed by atoms with Crippen LogP contribution in [0.3, 0.4) is 0 Å². The van der Waals surface area contributed by atoms with Crippen LogP contribution in [-0.2, 0) is 23.4 Å². The van der Waals surface area contributed by atoms with Crippen molar-refractivity contribution in [3.8, 4) is 0 Å². The highest BCUT2D eigenvalue weighted by molar-refractivity contribution is 6.30. The number of carbonyl (C=O) groups is 2. The maximum absolute atomic E-state index is 14.7. The number of benzene rings is 3. The van der Waals surface area contributed by atoms with Crippen molar-refractivity contribution in [1.29, 1.82) is 0 Å². The van der Waals surface area contributed by atoms with Crippen LogP contribution in [0.15, 0.2) is 78.9 Å². The van der Waals surface area contributed by atoms with Gasteiger partial charge in [0.1, 0.15) is 5.69 Å². The molecule has 1 aromatic heterocycles. The largest absolute Gasteiger partial charge is 0.351 e. The summed E-state index contributed by atoms with van der Waals surface area (Å²) in [5, 5.41) is 5.03. The zero-order valence-electron chi connectivity index (χ0n) is 22.3. The Morgan fingerprint density at radius 3 is 2.46 bits per heavy atom. The van der Waals surface area contributed by atoms with Crippen molar-refractivity contribution >= 4 is 34.3 Å². The maximum atomic E-state index is 14.7. The van der Waals surface area contributed by atoms with E-state index in [0.29, 0.717) is 17.3 Å². The minimum atomic E-state index is -1.23. The second-order valence-corrected chi connectivity index (χ2v) is 11.5. The number of carbonyl (C=O) groups excluding carboxylic acids is 2. The van der Waals surface area contributed by atoms with Crippen LogP contribution in [0.25, 0.3) is 10.9 Å². The summed E-state index contributed by atoms with van der Waals surface area (Å²) >= 11 is 6.36. The Balaban J connectivity index is 1.54. The van der Waals surface area contributed by atoms with E-state index in [9.17, 15) is 9.59 Å². The van der Waals surface area contributed by atoms with Crippen molar-refractivity contribution in [3.05, 3.63) is 106 Å². The van der Waals surface area contributed by atoms with Gasteiger partial charge in [-0.25, -0.2) is 0 Å². The summed E-state index contributed by atoms with van der Waals surface area (Å²) in [6.45, 7) is 2.66. The zero-order valence-corrected chi connectivity index (χ0v) is 23.1. The Morgan fingerprint density at radius 1 is 0.949 bits per heavy atom. The Bertz CT molecular complexity index is 1520. The molecule has 1 saturated carbocycles. The van der Waals surface area contributed by atoms with Crippen molar-refractivity contribution in [1.82, 2.24) is 14.8 Å². The Labute approximate surface area is 234 Å². The average Bonchev–Trinajstić information content (AvgIpc) is 3.09.